The number of benzene rings is 2. The van der Waals surface area contributed by atoms with E-state index in [1.165, 1.54) is 12.1 Å². The zero-order chi connectivity index (χ0) is 17.6. The molecule has 6 heteroatoms. The van der Waals surface area contributed by atoms with Crippen molar-refractivity contribution >= 4 is 22.8 Å². The van der Waals surface area contributed by atoms with E-state index in [0.717, 1.165) is 16.5 Å². The maximum absolute atomic E-state index is 11.8. The summed E-state index contributed by atoms with van der Waals surface area (Å²) in [5, 5.41) is 13.4. The summed E-state index contributed by atoms with van der Waals surface area (Å²) >= 11 is 0. The smallest absolute Gasteiger partial charge is 0.342 e. The number of aromatic amines is 1. The zero-order valence-corrected chi connectivity index (χ0v) is 13.5. The molecular weight excluding hydrogens is 320 g/mol. The van der Waals surface area contributed by atoms with E-state index in [-0.39, 0.29) is 23.8 Å². The van der Waals surface area contributed by atoms with Crippen molar-refractivity contribution in [3.05, 3.63) is 65.9 Å². The number of phenols is 1. The largest absolute Gasteiger partial charge is 0.507 e. The molecule has 0 bridgehead atoms. The molecule has 0 fully saturated rings. The average Bonchev–Trinajstić information content (AvgIpc) is 3.03. The van der Waals surface area contributed by atoms with E-state index in [1.54, 1.807) is 12.1 Å². The number of hydrogen-bond donors (Lipinski definition) is 3. The number of para-hydroxylation sites is 2. The van der Waals surface area contributed by atoms with Gasteiger partial charge in [-0.15, -0.1) is 0 Å². The van der Waals surface area contributed by atoms with Gasteiger partial charge >= 0.3 is 5.97 Å². The third-order valence-corrected chi connectivity index (χ3v) is 3.85. The van der Waals surface area contributed by atoms with Crippen molar-refractivity contribution < 1.29 is 19.4 Å². The maximum atomic E-state index is 11.8. The van der Waals surface area contributed by atoms with Crippen molar-refractivity contribution in [2.45, 2.75) is 6.42 Å². The molecule has 25 heavy (non-hydrogen) atoms. The fraction of sp³-hybridized carbons (Fsp3) is 0.158. The Labute approximate surface area is 144 Å². The van der Waals surface area contributed by atoms with Crippen LogP contribution >= 0.6 is 0 Å². The molecule has 3 N–H and O–H groups in total. The highest BCUT2D eigenvalue weighted by molar-refractivity contribution is 5.93. The maximum Gasteiger partial charge on any atom is 0.342 e. The van der Waals surface area contributed by atoms with Crippen molar-refractivity contribution in [1.82, 2.24) is 10.3 Å². The van der Waals surface area contributed by atoms with Gasteiger partial charge in [0, 0.05) is 23.6 Å². The third-order valence-electron chi connectivity index (χ3n) is 3.85. The number of carbonyl (C=O) groups excluding carboxylic acids is 2. The lowest BCUT2D eigenvalue weighted by Crippen LogP contribution is -2.30. The van der Waals surface area contributed by atoms with Crippen molar-refractivity contribution in [3.63, 3.8) is 0 Å². The van der Waals surface area contributed by atoms with Crippen LogP contribution in [0.4, 0.5) is 0 Å². The van der Waals surface area contributed by atoms with E-state index in [9.17, 15) is 14.7 Å². The van der Waals surface area contributed by atoms with Crippen LogP contribution in [0.2, 0.25) is 0 Å². The second kappa shape index (κ2) is 7.53. The number of hydrogen-bond acceptors (Lipinski definition) is 4. The van der Waals surface area contributed by atoms with Gasteiger partial charge in [-0.2, -0.15) is 0 Å². The number of rotatable bonds is 6. The summed E-state index contributed by atoms with van der Waals surface area (Å²) < 4.78 is 4.91. The fourth-order valence-corrected chi connectivity index (χ4v) is 2.58. The van der Waals surface area contributed by atoms with Crippen LogP contribution < -0.4 is 5.32 Å². The molecule has 0 atom stereocenters. The van der Waals surface area contributed by atoms with Crippen LogP contribution in [0, 0.1) is 0 Å². The number of esters is 1. The minimum absolute atomic E-state index is 0.0362. The van der Waals surface area contributed by atoms with Gasteiger partial charge < -0.3 is 20.1 Å². The first-order valence-electron chi connectivity index (χ1n) is 7.92. The van der Waals surface area contributed by atoms with Crippen LogP contribution in [0.1, 0.15) is 15.9 Å². The normalized spacial score (nSPS) is 10.6. The van der Waals surface area contributed by atoms with Gasteiger partial charge in [0.25, 0.3) is 5.91 Å². The molecule has 1 amide bonds. The summed E-state index contributed by atoms with van der Waals surface area (Å²) in [4.78, 5) is 26.8. The Kier molecular flexibility index (Phi) is 4.99. The van der Waals surface area contributed by atoms with Crippen LogP contribution in [-0.4, -0.2) is 35.1 Å². The number of fused-ring (bicyclic) bond motifs is 1. The van der Waals surface area contributed by atoms with Crippen LogP contribution in [0.3, 0.4) is 0 Å². The van der Waals surface area contributed by atoms with Gasteiger partial charge in [0.15, 0.2) is 6.61 Å². The standard InChI is InChI=1S/C19H18N2O4/c22-17-8-4-2-6-15(17)19(24)25-12-18(23)20-10-9-13-11-21-16-7-3-1-5-14(13)16/h1-8,11,21-22H,9-10,12H2,(H,20,23). The molecule has 6 nitrogen and oxygen atoms in total. The van der Waals surface area contributed by atoms with Crippen LogP contribution in [0.15, 0.2) is 54.7 Å². The molecule has 0 aliphatic rings. The number of nitrogens with one attached hydrogen (secondary N) is 2. The minimum Gasteiger partial charge on any atom is -0.507 e. The monoisotopic (exact) mass is 338 g/mol. The molecule has 0 saturated heterocycles. The molecule has 128 valence electrons. The van der Waals surface area contributed by atoms with Gasteiger partial charge in [0.1, 0.15) is 11.3 Å². The second-order valence-corrected chi connectivity index (χ2v) is 5.55. The summed E-state index contributed by atoms with van der Waals surface area (Å²) in [6.45, 7) is 0.0515. The van der Waals surface area contributed by atoms with Gasteiger partial charge in [0.2, 0.25) is 0 Å². The van der Waals surface area contributed by atoms with Crippen molar-refractivity contribution in [1.29, 1.82) is 0 Å². The van der Waals surface area contributed by atoms with Gasteiger partial charge in [-0.1, -0.05) is 30.3 Å². The van der Waals surface area contributed by atoms with Gasteiger partial charge in [-0.3, -0.25) is 4.79 Å². The summed E-state index contributed by atoms with van der Waals surface area (Å²) in [5.41, 5.74) is 2.21. The first kappa shape index (κ1) is 16.6. The summed E-state index contributed by atoms with van der Waals surface area (Å²) in [6.07, 6.45) is 2.60. The third kappa shape index (κ3) is 3.98. The minimum atomic E-state index is -0.732. The van der Waals surface area contributed by atoms with Crippen LogP contribution in [0.5, 0.6) is 5.75 Å². The van der Waals surface area contributed by atoms with Crippen LogP contribution in [0.25, 0.3) is 10.9 Å². The van der Waals surface area contributed by atoms with E-state index >= 15 is 0 Å². The first-order valence-corrected chi connectivity index (χ1v) is 7.92. The number of amides is 1. The second-order valence-electron chi connectivity index (χ2n) is 5.55. The highest BCUT2D eigenvalue weighted by Crippen LogP contribution is 2.18. The Balaban J connectivity index is 1.45. The molecule has 3 rings (SSSR count). The number of aromatic nitrogens is 1. The molecular formula is C19H18N2O4. The number of phenolic OH excluding ortho intramolecular Hbond substituents is 1. The number of ether oxygens (including phenoxy) is 1. The zero-order valence-electron chi connectivity index (χ0n) is 13.5. The number of carbonyl (C=O) groups is 2. The van der Waals surface area contributed by atoms with Crippen molar-refractivity contribution in [2.24, 2.45) is 0 Å². The SMILES string of the molecule is O=C(COC(=O)c1ccccc1O)NCCc1c[nH]c2ccccc12. The average molecular weight is 338 g/mol. The summed E-state index contributed by atoms with van der Waals surface area (Å²) in [7, 11) is 0. The van der Waals surface area contributed by atoms with Crippen molar-refractivity contribution in [2.75, 3.05) is 13.2 Å². The van der Waals surface area contributed by atoms with E-state index in [0.29, 0.717) is 13.0 Å². The van der Waals surface area contributed by atoms with E-state index in [1.807, 2.05) is 30.5 Å². The molecule has 0 spiro atoms. The molecule has 0 unspecified atom stereocenters. The quantitative estimate of drug-likeness (QED) is 0.602. The Morgan fingerprint density at radius 2 is 1.84 bits per heavy atom. The highest BCUT2D eigenvalue weighted by atomic mass is 16.5. The number of H-pyrrole nitrogens is 1. The molecule has 3 aromatic rings. The Hall–Kier alpha value is -3.28. The van der Waals surface area contributed by atoms with Gasteiger partial charge in [0.05, 0.1) is 0 Å². The lowest BCUT2D eigenvalue weighted by molar-refractivity contribution is -0.124. The molecule has 0 radical (unpaired) electrons. The predicted molar refractivity (Wildman–Crippen MR) is 93.4 cm³/mol. The van der Waals surface area contributed by atoms with E-state index < -0.39 is 5.97 Å². The van der Waals surface area contributed by atoms with E-state index in [4.69, 9.17) is 4.74 Å². The lowest BCUT2D eigenvalue weighted by Gasteiger charge is -2.07. The van der Waals surface area contributed by atoms with Crippen molar-refractivity contribution in [3.8, 4) is 5.75 Å². The van der Waals surface area contributed by atoms with Gasteiger partial charge in [-0.25, -0.2) is 4.79 Å². The Morgan fingerprint density at radius 1 is 1.08 bits per heavy atom. The summed E-state index contributed by atoms with van der Waals surface area (Å²) in [6, 6.07) is 14.0. The molecule has 1 aromatic heterocycles. The molecule has 1 heterocycles. The first-order chi connectivity index (χ1) is 12.1. The Bertz CT molecular complexity index is 901. The van der Waals surface area contributed by atoms with E-state index in [2.05, 4.69) is 10.3 Å². The fourth-order valence-electron chi connectivity index (χ4n) is 2.58. The molecule has 0 aliphatic carbocycles. The highest BCUT2D eigenvalue weighted by Gasteiger charge is 2.13. The molecule has 0 aliphatic heterocycles. The topological polar surface area (TPSA) is 91.4 Å². The molecule has 2 aromatic carbocycles. The summed E-state index contributed by atoms with van der Waals surface area (Å²) in [5.74, 6) is -1.29. The lowest BCUT2D eigenvalue weighted by atomic mass is 10.1. The number of aromatic hydroxyl groups is 1. The van der Waals surface area contributed by atoms with Crippen LogP contribution in [-0.2, 0) is 16.0 Å². The Morgan fingerprint density at radius 3 is 2.68 bits per heavy atom. The van der Waals surface area contributed by atoms with Gasteiger partial charge in [-0.05, 0) is 30.2 Å². The molecule has 0 saturated carbocycles. The predicted octanol–water partition coefficient (Wildman–Crippen LogP) is 2.39.